The maximum absolute atomic E-state index is 11.1. The molecule has 110 valence electrons. The zero-order valence-corrected chi connectivity index (χ0v) is 11.7. The lowest BCUT2D eigenvalue weighted by atomic mass is 10.1. The maximum Gasteiger partial charge on any atom is 0.295 e. The van der Waals surface area contributed by atoms with Crippen LogP contribution in [-0.4, -0.2) is 29.0 Å². The zero-order valence-electron chi connectivity index (χ0n) is 11.7. The molecule has 0 amide bonds. The third kappa shape index (κ3) is 2.95. The predicted octanol–water partition coefficient (Wildman–Crippen LogP) is 2.70. The summed E-state index contributed by atoms with van der Waals surface area (Å²) in [4.78, 5) is 14.8. The highest BCUT2D eigenvalue weighted by atomic mass is 16.6. The molecule has 2 N–H and O–H groups in total. The second-order valence-electron chi connectivity index (χ2n) is 5.30. The van der Waals surface area contributed by atoms with Gasteiger partial charge < -0.3 is 10.6 Å². The molecule has 3 rings (SSSR count). The summed E-state index contributed by atoms with van der Waals surface area (Å²) in [6, 6.07) is 7.54. The van der Waals surface area contributed by atoms with Crippen LogP contribution in [-0.2, 0) is 0 Å². The van der Waals surface area contributed by atoms with Crippen molar-refractivity contribution in [2.45, 2.75) is 25.3 Å². The van der Waals surface area contributed by atoms with Gasteiger partial charge in [0.15, 0.2) is 0 Å². The summed E-state index contributed by atoms with van der Waals surface area (Å²) in [6.45, 7) is 1.95. The van der Waals surface area contributed by atoms with Crippen LogP contribution in [0.5, 0.6) is 0 Å². The number of fused-ring (bicyclic) bond motifs is 1. The first kappa shape index (κ1) is 13.8. The summed E-state index contributed by atoms with van der Waals surface area (Å²) in [6.07, 6.45) is 5.11. The molecule has 0 aliphatic carbocycles. The molecule has 1 fully saturated rings. The third-order valence-corrected chi connectivity index (χ3v) is 3.92. The Kier molecular flexibility index (Phi) is 3.96. The molecule has 1 unspecified atom stereocenters. The van der Waals surface area contributed by atoms with E-state index < -0.39 is 0 Å². The Hall–Kier alpha value is -2.21. The Balaban J connectivity index is 1.79. The highest BCUT2D eigenvalue weighted by Gasteiger charge is 2.16. The van der Waals surface area contributed by atoms with Gasteiger partial charge in [-0.2, -0.15) is 0 Å². The number of non-ortho nitro benzene ring substituents is 1. The van der Waals surface area contributed by atoms with E-state index >= 15 is 0 Å². The first-order valence-corrected chi connectivity index (χ1v) is 7.25. The number of nitro benzene ring substituents is 1. The Morgan fingerprint density at radius 1 is 1.43 bits per heavy atom. The lowest BCUT2D eigenvalue weighted by Gasteiger charge is -2.13. The number of pyridine rings is 1. The van der Waals surface area contributed by atoms with Gasteiger partial charge >= 0.3 is 0 Å². The van der Waals surface area contributed by atoms with Crippen molar-refractivity contribution in [3.63, 3.8) is 0 Å². The van der Waals surface area contributed by atoms with Crippen LogP contribution in [0.1, 0.15) is 19.3 Å². The van der Waals surface area contributed by atoms with E-state index in [1.165, 1.54) is 18.9 Å². The average molecular weight is 286 g/mol. The number of anilines is 1. The van der Waals surface area contributed by atoms with E-state index in [4.69, 9.17) is 0 Å². The molecule has 6 heteroatoms. The highest BCUT2D eigenvalue weighted by molar-refractivity contribution is 5.96. The van der Waals surface area contributed by atoms with E-state index in [1.807, 2.05) is 6.07 Å². The summed E-state index contributed by atoms with van der Waals surface area (Å²) in [5, 5.41) is 18.7. The fourth-order valence-electron chi connectivity index (χ4n) is 2.84. The number of hydrogen-bond donors (Lipinski definition) is 2. The monoisotopic (exact) mass is 286 g/mol. The van der Waals surface area contributed by atoms with Crippen LogP contribution in [0, 0.1) is 10.1 Å². The second kappa shape index (κ2) is 6.05. The molecule has 2 aromatic rings. The van der Waals surface area contributed by atoms with Gasteiger partial charge in [-0.3, -0.25) is 10.1 Å². The molecule has 0 spiro atoms. The predicted molar refractivity (Wildman–Crippen MR) is 82.5 cm³/mol. The van der Waals surface area contributed by atoms with Crippen molar-refractivity contribution >= 4 is 22.3 Å². The summed E-state index contributed by atoms with van der Waals surface area (Å²) >= 11 is 0. The van der Waals surface area contributed by atoms with Gasteiger partial charge in [0.2, 0.25) is 0 Å². The first-order valence-electron chi connectivity index (χ1n) is 7.25. The topological polar surface area (TPSA) is 80.1 Å². The molecule has 1 aliphatic rings. The Labute approximate surface area is 122 Å². The van der Waals surface area contributed by atoms with Crippen LogP contribution in [0.4, 0.5) is 11.4 Å². The van der Waals surface area contributed by atoms with Crippen molar-refractivity contribution in [1.29, 1.82) is 0 Å². The maximum atomic E-state index is 11.1. The van der Waals surface area contributed by atoms with Gasteiger partial charge in [0, 0.05) is 35.9 Å². The first-order chi connectivity index (χ1) is 10.3. The molecule has 1 aromatic heterocycles. The van der Waals surface area contributed by atoms with Crippen molar-refractivity contribution in [3.05, 3.63) is 40.6 Å². The van der Waals surface area contributed by atoms with E-state index in [2.05, 4.69) is 15.6 Å². The van der Waals surface area contributed by atoms with Crippen LogP contribution >= 0.6 is 0 Å². The highest BCUT2D eigenvalue weighted by Crippen LogP contribution is 2.29. The molecular formula is C15H18N4O2. The largest absolute Gasteiger partial charge is 0.384 e. The molecule has 0 bridgehead atoms. The fraction of sp³-hybridized carbons (Fsp3) is 0.400. The number of nitrogens with one attached hydrogen (secondary N) is 2. The van der Waals surface area contributed by atoms with Gasteiger partial charge in [-0.25, -0.2) is 4.98 Å². The third-order valence-electron chi connectivity index (χ3n) is 3.92. The Bertz CT molecular complexity index is 653. The van der Waals surface area contributed by atoms with Crippen molar-refractivity contribution < 1.29 is 4.92 Å². The molecule has 1 saturated heterocycles. The molecular weight excluding hydrogens is 268 g/mol. The van der Waals surface area contributed by atoms with E-state index in [9.17, 15) is 10.1 Å². The number of nitro groups is 1. The fourth-order valence-corrected chi connectivity index (χ4v) is 2.84. The van der Waals surface area contributed by atoms with Crippen molar-refractivity contribution in [2.75, 3.05) is 18.4 Å². The lowest BCUT2D eigenvalue weighted by Crippen LogP contribution is -2.24. The number of hydrogen-bond acceptors (Lipinski definition) is 5. The quantitative estimate of drug-likeness (QED) is 0.652. The normalized spacial score (nSPS) is 18.0. The van der Waals surface area contributed by atoms with Crippen molar-refractivity contribution in [3.8, 4) is 0 Å². The van der Waals surface area contributed by atoms with Gasteiger partial charge in [-0.15, -0.1) is 0 Å². The van der Waals surface area contributed by atoms with Gasteiger partial charge in [-0.05, 0) is 44.0 Å². The molecule has 6 nitrogen and oxygen atoms in total. The molecule has 0 radical (unpaired) electrons. The standard InChI is InChI=1S/C15H18N4O2/c20-19(21)14-6-5-13(12-4-2-9-18-15(12)14)17-10-7-11-3-1-8-16-11/h2,4-6,9,11,16-17H,1,3,7-8,10H2. The number of nitrogens with zero attached hydrogens (tertiary/aromatic N) is 2. The number of benzene rings is 1. The molecule has 1 atom stereocenters. The summed E-state index contributed by atoms with van der Waals surface area (Å²) < 4.78 is 0. The zero-order chi connectivity index (χ0) is 14.7. The second-order valence-corrected chi connectivity index (χ2v) is 5.30. The van der Waals surface area contributed by atoms with Crippen molar-refractivity contribution in [2.24, 2.45) is 0 Å². The van der Waals surface area contributed by atoms with Crippen LogP contribution < -0.4 is 10.6 Å². The van der Waals surface area contributed by atoms with Gasteiger partial charge in [0.25, 0.3) is 5.69 Å². The number of aromatic nitrogens is 1. The van der Waals surface area contributed by atoms with Crippen LogP contribution in [0.3, 0.4) is 0 Å². The molecule has 1 aliphatic heterocycles. The SMILES string of the molecule is O=[N+]([O-])c1ccc(NCCC2CCCN2)c2cccnc12. The van der Waals surface area contributed by atoms with E-state index in [-0.39, 0.29) is 10.6 Å². The van der Waals surface area contributed by atoms with E-state index in [0.717, 1.165) is 30.6 Å². The minimum atomic E-state index is -0.387. The van der Waals surface area contributed by atoms with Crippen molar-refractivity contribution in [1.82, 2.24) is 10.3 Å². The lowest BCUT2D eigenvalue weighted by molar-refractivity contribution is -0.383. The Morgan fingerprint density at radius 2 is 2.33 bits per heavy atom. The van der Waals surface area contributed by atoms with Crippen LogP contribution in [0.2, 0.25) is 0 Å². The average Bonchev–Trinajstić information content (AvgIpc) is 3.00. The summed E-state index contributed by atoms with van der Waals surface area (Å²) in [5.41, 5.74) is 1.39. The smallest absolute Gasteiger partial charge is 0.295 e. The Morgan fingerprint density at radius 3 is 3.10 bits per heavy atom. The molecule has 21 heavy (non-hydrogen) atoms. The summed E-state index contributed by atoms with van der Waals surface area (Å²) in [5.74, 6) is 0. The minimum absolute atomic E-state index is 0.0496. The van der Waals surface area contributed by atoms with Crippen LogP contribution in [0.15, 0.2) is 30.5 Å². The van der Waals surface area contributed by atoms with Gasteiger partial charge in [0.1, 0.15) is 5.52 Å². The summed E-state index contributed by atoms with van der Waals surface area (Å²) in [7, 11) is 0. The van der Waals surface area contributed by atoms with Crippen LogP contribution in [0.25, 0.3) is 10.9 Å². The number of rotatable bonds is 5. The molecule has 0 saturated carbocycles. The van der Waals surface area contributed by atoms with Gasteiger partial charge in [0.05, 0.1) is 4.92 Å². The van der Waals surface area contributed by atoms with E-state index in [0.29, 0.717) is 11.6 Å². The molecule has 1 aromatic carbocycles. The molecule has 2 heterocycles. The minimum Gasteiger partial charge on any atom is -0.384 e. The van der Waals surface area contributed by atoms with E-state index in [1.54, 1.807) is 18.3 Å². The van der Waals surface area contributed by atoms with Gasteiger partial charge in [-0.1, -0.05) is 0 Å².